The largest absolute Gasteiger partial charge is 0.311 e. The van der Waals surface area contributed by atoms with E-state index in [0.29, 0.717) is 18.0 Å². The second-order valence-electron chi connectivity index (χ2n) is 6.72. The Morgan fingerprint density at radius 2 is 1.95 bits per heavy atom. The van der Waals surface area contributed by atoms with Crippen LogP contribution in [0.25, 0.3) is 0 Å². The van der Waals surface area contributed by atoms with Crippen molar-refractivity contribution in [1.29, 1.82) is 0 Å². The summed E-state index contributed by atoms with van der Waals surface area (Å²) in [6.07, 6.45) is 2.83. The second kappa shape index (κ2) is 6.05. The van der Waals surface area contributed by atoms with Crippen LogP contribution in [0.1, 0.15) is 32.3 Å². The zero-order valence-corrected chi connectivity index (χ0v) is 13.2. The molecule has 110 valence electrons. The van der Waals surface area contributed by atoms with Crippen LogP contribution in [0.4, 0.5) is 0 Å². The summed E-state index contributed by atoms with van der Waals surface area (Å²) in [5.74, 6) is 1.62. The van der Waals surface area contributed by atoms with Gasteiger partial charge < -0.3 is 5.32 Å². The molecule has 1 aromatic carbocycles. The summed E-state index contributed by atoms with van der Waals surface area (Å²) in [5, 5.41) is 4.60. The van der Waals surface area contributed by atoms with Gasteiger partial charge in [-0.15, -0.1) is 0 Å². The van der Waals surface area contributed by atoms with E-state index in [1.54, 1.807) is 0 Å². The third kappa shape index (κ3) is 3.36. The van der Waals surface area contributed by atoms with Gasteiger partial charge in [0, 0.05) is 36.7 Å². The van der Waals surface area contributed by atoms with E-state index in [1.165, 1.54) is 24.9 Å². The molecule has 1 aliphatic carbocycles. The number of rotatable bonds is 4. The highest BCUT2D eigenvalue weighted by atomic mass is 35.5. The number of halogens is 1. The Kier molecular flexibility index (Phi) is 4.34. The van der Waals surface area contributed by atoms with Crippen molar-refractivity contribution in [1.82, 2.24) is 10.2 Å². The molecule has 2 unspecified atom stereocenters. The third-order valence-electron chi connectivity index (χ3n) is 4.75. The number of nitrogens with zero attached hydrogens (tertiary/aromatic N) is 1. The Labute approximate surface area is 127 Å². The molecule has 1 saturated heterocycles. The van der Waals surface area contributed by atoms with E-state index in [0.717, 1.165) is 24.0 Å². The third-order valence-corrected chi connectivity index (χ3v) is 5.00. The fraction of sp³-hybridized carbons (Fsp3) is 0.647. The predicted molar refractivity (Wildman–Crippen MR) is 85.0 cm³/mol. The Morgan fingerprint density at radius 3 is 2.55 bits per heavy atom. The predicted octanol–water partition coefficient (Wildman–Crippen LogP) is 3.55. The maximum Gasteiger partial charge on any atom is 0.0406 e. The minimum Gasteiger partial charge on any atom is -0.311 e. The molecule has 1 aromatic rings. The van der Waals surface area contributed by atoms with Crippen LogP contribution in [0, 0.1) is 11.8 Å². The van der Waals surface area contributed by atoms with Crippen molar-refractivity contribution in [3.05, 3.63) is 34.9 Å². The topological polar surface area (TPSA) is 15.3 Å². The molecule has 1 N–H and O–H groups in total. The standard InChI is InChI=1S/C17H25ClN2/c1-12(2)17-9-19-16(14-5-6-14)11-20(17)10-13-3-7-15(18)8-4-13/h3-4,7-8,12,14,16-17,19H,5-6,9-11H2,1-2H3. The lowest BCUT2D eigenvalue weighted by atomic mass is 9.96. The summed E-state index contributed by atoms with van der Waals surface area (Å²) in [6, 6.07) is 9.67. The van der Waals surface area contributed by atoms with Crippen LogP contribution in [0.5, 0.6) is 0 Å². The molecule has 2 aliphatic rings. The van der Waals surface area contributed by atoms with E-state index in [-0.39, 0.29) is 0 Å². The molecule has 0 spiro atoms. The van der Waals surface area contributed by atoms with Crippen molar-refractivity contribution in [3.8, 4) is 0 Å². The van der Waals surface area contributed by atoms with Crippen LogP contribution in [0.15, 0.2) is 24.3 Å². The number of hydrogen-bond acceptors (Lipinski definition) is 2. The zero-order valence-electron chi connectivity index (χ0n) is 12.5. The molecule has 1 aliphatic heterocycles. The van der Waals surface area contributed by atoms with E-state index >= 15 is 0 Å². The average Bonchev–Trinajstić information content (AvgIpc) is 3.25. The molecular formula is C17H25ClN2. The van der Waals surface area contributed by atoms with Gasteiger partial charge in [0.25, 0.3) is 0 Å². The molecule has 1 saturated carbocycles. The van der Waals surface area contributed by atoms with Crippen molar-refractivity contribution in [2.75, 3.05) is 13.1 Å². The normalized spacial score (nSPS) is 28.0. The molecule has 2 atom stereocenters. The van der Waals surface area contributed by atoms with Gasteiger partial charge in [0.1, 0.15) is 0 Å². The Balaban J connectivity index is 1.69. The average molecular weight is 293 g/mol. The molecule has 0 amide bonds. The summed E-state index contributed by atoms with van der Waals surface area (Å²) in [5.41, 5.74) is 1.37. The fourth-order valence-electron chi connectivity index (χ4n) is 3.33. The van der Waals surface area contributed by atoms with Gasteiger partial charge in [0.15, 0.2) is 0 Å². The lowest BCUT2D eigenvalue weighted by Crippen LogP contribution is -2.58. The van der Waals surface area contributed by atoms with Gasteiger partial charge in [-0.3, -0.25) is 4.90 Å². The van der Waals surface area contributed by atoms with E-state index in [2.05, 4.69) is 36.2 Å². The van der Waals surface area contributed by atoms with Crippen molar-refractivity contribution in [2.45, 2.75) is 45.3 Å². The van der Waals surface area contributed by atoms with Gasteiger partial charge in [0.2, 0.25) is 0 Å². The summed E-state index contributed by atoms with van der Waals surface area (Å²) in [7, 11) is 0. The first-order chi connectivity index (χ1) is 9.63. The SMILES string of the molecule is CC(C)C1CNC(C2CC2)CN1Cc1ccc(Cl)cc1. The van der Waals surface area contributed by atoms with Crippen LogP contribution in [-0.4, -0.2) is 30.1 Å². The highest BCUT2D eigenvalue weighted by Gasteiger charge is 2.37. The molecule has 3 heteroatoms. The maximum atomic E-state index is 5.98. The minimum atomic E-state index is 0.640. The van der Waals surface area contributed by atoms with Crippen LogP contribution >= 0.6 is 11.6 Å². The quantitative estimate of drug-likeness (QED) is 0.913. The number of benzene rings is 1. The molecule has 20 heavy (non-hydrogen) atoms. The second-order valence-corrected chi connectivity index (χ2v) is 7.16. The molecule has 0 bridgehead atoms. The Hall–Kier alpha value is -0.570. The van der Waals surface area contributed by atoms with Crippen LogP contribution in [0.2, 0.25) is 5.02 Å². The van der Waals surface area contributed by atoms with Gasteiger partial charge in [-0.2, -0.15) is 0 Å². The first-order valence-electron chi connectivity index (χ1n) is 7.85. The molecular weight excluding hydrogens is 268 g/mol. The molecule has 2 fully saturated rings. The summed E-state index contributed by atoms with van der Waals surface area (Å²) >= 11 is 5.98. The van der Waals surface area contributed by atoms with Gasteiger partial charge >= 0.3 is 0 Å². The van der Waals surface area contributed by atoms with E-state index in [4.69, 9.17) is 11.6 Å². The zero-order chi connectivity index (χ0) is 14.1. The van der Waals surface area contributed by atoms with Crippen molar-refractivity contribution >= 4 is 11.6 Å². The van der Waals surface area contributed by atoms with E-state index in [9.17, 15) is 0 Å². The highest BCUT2D eigenvalue weighted by Crippen LogP contribution is 2.35. The van der Waals surface area contributed by atoms with Gasteiger partial charge in [-0.05, 0) is 42.4 Å². The van der Waals surface area contributed by atoms with E-state index < -0.39 is 0 Å². The van der Waals surface area contributed by atoms with E-state index in [1.807, 2.05) is 12.1 Å². The van der Waals surface area contributed by atoms with Crippen LogP contribution < -0.4 is 5.32 Å². The Morgan fingerprint density at radius 1 is 1.25 bits per heavy atom. The van der Waals surface area contributed by atoms with Crippen molar-refractivity contribution in [3.63, 3.8) is 0 Å². The number of nitrogens with one attached hydrogen (secondary N) is 1. The van der Waals surface area contributed by atoms with Crippen LogP contribution in [0.3, 0.4) is 0 Å². The van der Waals surface area contributed by atoms with Gasteiger partial charge in [-0.1, -0.05) is 37.6 Å². The first-order valence-corrected chi connectivity index (χ1v) is 8.23. The lowest BCUT2D eigenvalue weighted by Gasteiger charge is -2.42. The fourth-order valence-corrected chi connectivity index (χ4v) is 3.46. The Bertz CT molecular complexity index is 439. The molecule has 2 nitrogen and oxygen atoms in total. The monoisotopic (exact) mass is 292 g/mol. The molecule has 0 radical (unpaired) electrons. The summed E-state index contributed by atoms with van der Waals surface area (Å²) in [4.78, 5) is 2.67. The van der Waals surface area contributed by atoms with Crippen molar-refractivity contribution in [2.24, 2.45) is 11.8 Å². The lowest BCUT2D eigenvalue weighted by molar-refractivity contribution is 0.0852. The molecule has 1 heterocycles. The summed E-state index contributed by atoms with van der Waals surface area (Å²) < 4.78 is 0. The van der Waals surface area contributed by atoms with Gasteiger partial charge in [-0.25, -0.2) is 0 Å². The highest BCUT2D eigenvalue weighted by molar-refractivity contribution is 6.30. The molecule has 0 aromatic heterocycles. The number of hydrogen-bond donors (Lipinski definition) is 1. The first kappa shape index (κ1) is 14.4. The van der Waals surface area contributed by atoms with Gasteiger partial charge in [0.05, 0.1) is 0 Å². The minimum absolute atomic E-state index is 0.640. The summed E-state index contributed by atoms with van der Waals surface area (Å²) in [6.45, 7) is 8.03. The van der Waals surface area contributed by atoms with Crippen molar-refractivity contribution < 1.29 is 0 Å². The maximum absolute atomic E-state index is 5.98. The number of piperazine rings is 1. The molecule has 3 rings (SSSR count). The van der Waals surface area contributed by atoms with Crippen LogP contribution in [-0.2, 0) is 6.54 Å². The smallest absolute Gasteiger partial charge is 0.0406 e.